The van der Waals surface area contributed by atoms with Crippen molar-refractivity contribution in [3.8, 4) is 6.07 Å². The summed E-state index contributed by atoms with van der Waals surface area (Å²) in [4.78, 5) is 4.50. The molecule has 0 aliphatic heterocycles. The van der Waals surface area contributed by atoms with Gasteiger partial charge < -0.3 is 0 Å². The number of nitrogens with zero attached hydrogens (tertiary/aromatic N) is 2. The highest BCUT2D eigenvalue weighted by Gasteiger charge is 2.06. The molecule has 0 amide bonds. The Hall–Kier alpha value is -1.53. The predicted molar refractivity (Wildman–Crippen MR) is 63.0 cm³/mol. The van der Waals surface area contributed by atoms with Gasteiger partial charge in [-0.2, -0.15) is 5.26 Å². The highest BCUT2D eigenvalue weighted by atomic mass is 32.2. The van der Waals surface area contributed by atoms with Gasteiger partial charge >= 0.3 is 0 Å². The highest BCUT2D eigenvalue weighted by molar-refractivity contribution is 7.98. The fraction of sp³-hybridized carbons (Fsp3) is 0.167. The number of thioether (sulfide) groups is 1. The minimum absolute atomic E-state index is 0.653. The third kappa shape index (κ3) is 1.69. The van der Waals surface area contributed by atoms with Crippen LogP contribution in [0.1, 0.15) is 11.1 Å². The van der Waals surface area contributed by atoms with Crippen LogP contribution in [0.15, 0.2) is 29.3 Å². The maximum absolute atomic E-state index is 8.97. The second kappa shape index (κ2) is 3.92. The third-order valence-electron chi connectivity index (χ3n) is 2.33. The first-order valence-corrected chi connectivity index (χ1v) is 5.83. The molecule has 0 saturated heterocycles. The van der Waals surface area contributed by atoms with Crippen molar-refractivity contribution in [1.82, 2.24) is 4.98 Å². The van der Waals surface area contributed by atoms with Gasteiger partial charge in [-0.3, -0.25) is 0 Å². The summed E-state index contributed by atoms with van der Waals surface area (Å²) in [5, 5.41) is 10.8. The van der Waals surface area contributed by atoms with Crippen molar-refractivity contribution in [1.29, 1.82) is 5.26 Å². The molecule has 0 N–H and O–H groups in total. The Bertz CT molecular complexity index is 555. The van der Waals surface area contributed by atoms with Crippen molar-refractivity contribution in [2.24, 2.45) is 0 Å². The van der Waals surface area contributed by atoms with Crippen molar-refractivity contribution in [2.45, 2.75) is 11.9 Å². The zero-order valence-corrected chi connectivity index (χ0v) is 9.43. The maximum Gasteiger partial charge on any atom is 0.114 e. The normalized spacial score (nSPS) is 10.2. The van der Waals surface area contributed by atoms with Crippen LogP contribution in [0.2, 0.25) is 0 Å². The van der Waals surface area contributed by atoms with Crippen LogP contribution in [0, 0.1) is 18.3 Å². The Morgan fingerprint density at radius 3 is 2.87 bits per heavy atom. The molecular formula is C12H10N2S. The van der Waals surface area contributed by atoms with Crippen molar-refractivity contribution >= 4 is 22.7 Å². The molecule has 0 aliphatic carbocycles. The summed E-state index contributed by atoms with van der Waals surface area (Å²) >= 11 is 1.51. The minimum Gasteiger partial charge on any atom is -0.240 e. The van der Waals surface area contributed by atoms with E-state index in [1.54, 1.807) is 0 Å². The number of hydrogen-bond donors (Lipinski definition) is 0. The van der Waals surface area contributed by atoms with E-state index in [-0.39, 0.29) is 0 Å². The number of aromatic nitrogens is 1. The number of para-hydroxylation sites is 1. The van der Waals surface area contributed by atoms with Crippen molar-refractivity contribution in [3.63, 3.8) is 0 Å². The molecule has 0 fully saturated rings. The van der Waals surface area contributed by atoms with Gasteiger partial charge in [0.15, 0.2) is 0 Å². The average Bonchev–Trinajstić information content (AvgIpc) is 2.28. The molecule has 2 nitrogen and oxygen atoms in total. The summed E-state index contributed by atoms with van der Waals surface area (Å²) < 4.78 is 0. The molecule has 0 saturated carbocycles. The van der Waals surface area contributed by atoms with Gasteiger partial charge in [0.05, 0.1) is 11.1 Å². The zero-order valence-electron chi connectivity index (χ0n) is 8.61. The van der Waals surface area contributed by atoms with Gasteiger partial charge in [0.2, 0.25) is 0 Å². The van der Waals surface area contributed by atoms with Crippen LogP contribution in [-0.4, -0.2) is 11.2 Å². The van der Waals surface area contributed by atoms with Gasteiger partial charge in [-0.25, -0.2) is 4.98 Å². The molecular weight excluding hydrogens is 204 g/mol. The van der Waals surface area contributed by atoms with Crippen molar-refractivity contribution < 1.29 is 0 Å². The first kappa shape index (κ1) is 10.0. The Kier molecular flexibility index (Phi) is 2.61. The quantitative estimate of drug-likeness (QED) is 0.684. The van der Waals surface area contributed by atoms with Crippen LogP contribution < -0.4 is 0 Å². The molecule has 2 rings (SSSR count). The molecule has 0 spiro atoms. The Balaban J connectivity index is 2.83. The summed E-state index contributed by atoms with van der Waals surface area (Å²) in [5.41, 5.74) is 2.79. The van der Waals surface area contributed by atoms with Gasteiger partial charge in [-0.05, 0) is 24.8 Å². The van der Waals surface area contributed by atoms with Crippen LogP contribution in [0.4, 0.5) is 0 Å². The van der Waals surface area contributed by atoms with E-state index in [0.717, 1.165) is 21.5 Å². The number of benzene rings is 1. The lowest BCUT2D eigenvalue weighted by Crippen LogP contribution is -1.90. The number of fused-ring (bicyclic) bond motifs is 1. The molecule has 0 unspecified atom stereocenters. The summed E-state index contributed by atoms with van der Waals surface area (Å²) in [6.45, 7) is 2.03. The summed E-state index contributed by atoms with van der Waals surface area (Å²) in [6.07, 6.45) is 1.94. The van der Waals surface area contributed by atoms with Crippen LogP contribution in [0.3, 0.4) is 0 Å². The number of rotatable bonds is 1. The summed E-state index contributed by atoms with van der Waals surface area (Å²) in [5.74, 6) is 0. The van der Waals surface area contributed by atoms with Gasteiger partial charge in [0.25, 0.3) is 0 Å². The fourth-order valence-electron chi connectivity index (χ4n) is 1.57. The van der Waals surface area contributed by atoms with Crippen LogP contribution in [0.5, 0.6) is 0 Å². The summed E-state index contributed by atoms with van der Waals surface area (Å²) in [6, 6.07) is 10.1. The second-order valence-electron chi connectivity index (χ2n) is 3.30. The van der Waals surface area contributed by atoms with Crippen molar-refractivity contribution in [3.05, 3.63) is 35.4 Å². The molecule has 74 valence electrons. The fourth-order valence-corrected chi connectivity index (χ4v) is 2.07. The average molecular weight is 214 g/mol. The molecule has 1 aromatic carbocycles. The molecule has 1 aromatic heterocycles. The standard InChI is InChI=1S/C12H10N2S/c1-8-4-3-5-9-6-10(7-13)12(15-2)14-11(8)9/h3-6H,1-2H3. The SMILES string of the molecule is CSc1nc2c(C)cccc2cc1C#N. The number of aryl methyl sites for hydroxylation is 1. The lowest BCUT2D eigenvalue weighted by molar-refractivity contribution is 1.16. The van der Waals surface area contributed by atoms with E-state index in [1.807, 2.05) is 37.4 Å². The highest BCUT2D eigenvalue weighted by Crippen LogP contribution is 2.24. The molecule has 0 aliphatic rings. The van der Waals surface area contributed by atoms with Gasteiger partial charge in [0, 0.05) is 5.39 Å². The largest absolute Gasteiger partial charge is 0.240 e. The first-order chi connectivity index (χ1) is 7.26. The lowest BCUT2D eigenvalue weighted by Gasteiger charge is -2.04. The second-order valence-corrected chi connectivity index (χ2v) is 4.10. The van der Waals surface area contributed by atoms with E-state index in [4.69, 9.17) is 5.26 Å². The topological polar surface area (TPSA) is 36.7 Å². The van der Waals surface area contributed by atoms with E-state index >= 15 is 0 Å². The van der Waals surface area contributed by atoms with E-state index in [2.05, 4.69) is 11.1 Å². The molecule has 0 radical (unpaired) electrons. The molecule has 1 heterocycles. The molecule has 3 heteroatoms. The van der Waals surface area contributed by atoms with E-state index < -0.39 is 0 Å². The Morgan fingerprint density at radius 2 is 2.20 bits per heavy atom. The predicted octanol–water partition coefficient (Wildman–Crippen LogP) is 3.14. The maximum atomic E-state index is 8.97. The first-order valence-electron chi connectivity index (χ1n) is 4.60. The smallest absolute Gasteiger partial charge is 0.114 e. The van der Waals surface area contributed by atoms with Crippen LogP contribution >= 0.6 is 11.8 Å². The lowest BCUT2D eigenvalue weighted by atomic mass is 10.1. The van der Waals surface area contributed by atoms with Gasteiger partial charge in [-0.1, -0.05) is 18.2 Å². The number of pyridine rings is 1. The number of hydrogen-bond acceptors (Lipinski definition) is 3. The van der Waals surface area contributed by atoms with Crippen LogP contribution in [0.25, 0.3) is 10.9 Å². The molecule has 0 bridgehead atoms. The Morgan fingerprint density at radius 1 is 1.40 bits per heavy atom. The van der Waals surface area contributed by atoms with E-state index in [9.17, 15) is 0 Å². The van der Waals surface area contributed by atoms with Gasteiger partial charge in [-0.15, -0.1) is 11.8 Å². The zero-order chi connectivity index (χ0) is 10.8. The molecule has 15 heavy (non-hydrogen) atoms. The van der Waals surface area contributed by atoms with E-state index in [0.29, 0.717) is 5.56 Å². The number of nitriles is 1. The monoisotopic (exact) mass is 214 g/mol. The summed E-state index contributed by atoms with van der Waals surface area (Å²) in [7, 11) is 0. The van der Waals surface area contributed by atoms with Gasteiger partial charge in [0.1, 0.15) is 11.1 Å². The molecule has 0 atom stereocenters. The van der Waals surface area contributed by atoms with Crippen molar-refractivity contribution in [2.75, 3.05) is 6.26 Å². The Labute approximate surface area is 92.9 Å². The van der Waals surface area contributed by atoms with Crippen LogP contribution in [-0.2, 0) is 0 Å². The van der Waals surface area contributed by atoms with E-state index in [1.165, 1.54) is 11.8 Å². The third-order valence-corrected chi connectivity index (χ3v) is 3.02. The minimum atomic E-state index is 0.653. The molecule has 2 aromatic rings.